The fourth-order valence-corrected chi connectivity index (χ4v) is 0.796. The van der Waals surface area contributed by atoms with Crippen molar-refractivity contribution < 1.29 is 9.53 Å². The predicted octanol–water partition coefficient (Wildman–Crippen LogP) is 1.59. The van der Waals surface area contributed by atoms with Crippen molar-refractivity contribution in [1.29, 1.82) is 0 Å². The molecule has 0 radical (unpaired) electrons. The van der Waals surface area contributed by atoms with Gasteiger partial charge in [0.1, 0.15) is 0 Å². The zero-order valence-electron chi connectivity index (χ0n) is 6.91. The van der Waals surface area contributed by atoms with Crippen LogP contribution in [0.3, 0.4) is 0 Å². The van der Waals surface area contributed by atoms with Crippen LogP contribution >= 0.6 is 0 Å². The number of ether oxygens (including phenoxy) is 1. The first kappa shape index (κ1) is 8.59. The first-order valence-corrected chi connectivity index (χ1v) is 3.81. The van der Waals surface area contributed by atoms with Gasteiger partial charge < -0.3 is 9.72 Å². The smallest absolute Gasteiger partial charge is 0.330 e. The molecule has 0 fully saturated rings. The summed E-state index contributed by atoms with van der Waals surface area (Å²) in [6.07, 6.45) is 4.87. The van der Waals surface area contributed by atoms with Crippen molar-refractivity contribution in [1.82, 2.24) is 4.98 Å². The highest BCUT2D eigenvalue weighted by Crippen LogP contribution is 1.97. The van der Waals surface area contributed by atoms with Gasteiger partial charge in [-0.15, -0.1) is 0 Å². The minimum Gasteiger partial charge on any atom is -0.463 e. The molecule has 0 aliphatic carbocycles. The zero-order valence-corrected chi connectivity index (χ0v) is 6.91. The summed E-state index contributed by atoms with van der Waals surface area (Å²) in [5.74, 6) is -0.313. The van der Waals surface area contributed by atoms with Crippen LogP contribution in [0.1, 0.15) is 12.6 Å². The van der Waals surface area contributed by atoms with Crippen molar-refractivity contribution in [2.75, 3.05) is 6.61 Å². The van der Waals surface area contributed by atoms with E-state index in [2.05, 4.69) is 4.98 Å². The minimum atomic E-state index is -0.313. The number of aromatic amines is 1. The van der Waals surface area contributed by atoms with Gasteiger partial charge in [-0.2, -0.15) is 0 Å². The van der Waals surface area contributed by atoms with Crippen molar-refractivity contribution >= 4 is 12.0 Å². The average Bonchev–Trinajstić information content (AvgIpc) is 2.53. The van der Waals surface area contributed by atoms with E-state index in [0.29, 0.717) is 6.61 Å². The van der Waals surface area contributed by atoms with E-state index in [1.54, 1.807) is 19.2 Å². The van der Waals surface area contributed by atoms with E-state index in [0.717, 1.165) is 5.69 Å². The number of carbonyl (C=O) groups is 1. The molecule has 3 nitrogen and oxygen atoms in total. The Hall–Kier alpha value is -1.51. The Labute approximate surface area is 71.1 Å². The van der Waals surface area contributed by atoms with Gasteiger partial charge in [-0.25, -0.2) is 4.79 Å². The molecule has 0 saturated carbocycles. The van der Waals surface area contributed by atoms with E-state index in [-0.39, 0.29) is 5.97 Å². The number of nitrogens with one attached hydrogen (secondary N) is 1. The molecule has 0 aliphatic rings. The maximum absolute atomic E-state index is 10.8. The number of hydrogen-bond donors (Lipinski definition) is 1. The molecule has 64 valence electrons. The van der Waals surface area contributed by atoms with Crippen LogP contribution in [0.25, 0.3) is 6.08 Å². The molecule has 1 rings (SSSR count). The van der Waals surface area contributed by atoms with Gasteiger partial charge in [0.05, 0.1) is 6.61 Å². The molecule has 0 aliphatic heterocycles. The lowest BCUT2D eigenvalue weighted by Gasteiger charge is -1.93. The second-order valence-corrected chi connectivity index (χ2v) is 2.21. The van der Waals surface area contributed by atoms with Crippen LogP contribution in [-0.4, -0.2) is 17.6 Å². The first-order chi connectivity index (χ1) is 5.83. The molecule has 1 aromatic heterocycles. The van der Waals surface area contributed by atoms with Crippen molar-refractivity contribution in [3.63, 3.8) is 0 Å². The van der Waals surface area contributed by atoms with E-state index in [1.165, 1.54) is 6.08 Å². The lowest BCUT2D eigenvalue weighted by atomic mass is 10.4. The van der Waals surface area contributed by atoms with E-state index in [9.17, 15) is 4.79 Å². The largest absolute Gasteiger partial charge is 0.463 e. The highest BCUT2D eigenvalue weighted by atomic mass is 16.5. The zero-order chi connectivity index (χ0) is 8.81. The topological polar surface area (TPSA) is 42.1 Å². The lowest BCUT2D eigenvalue weighted by Crippen LogP contribution is -1.98. The van der Waals surface area contributed by atoms with Gasteiger partial charge in [0.15, 0.2) is 0 Å². The van der Waals surface area contributed by atoms with Gasteiger partial charge in [0.25, 0.3) is 0 Å². The Balaban J connectivity index is 2.45. The quantitative estimate of drug-likeness (QED) is 0.546. The third-order valence-corrected chi connectivity index (χ3v) is 1.31. The second kappa shape index (κ2) is 4.38. The highest BCUT2D eigenvalue weighted by molar-refractivity contribution is 5.86. The second-order valence-electron chi connectivity index (χ2n) is 2.21. The molecule has 0 atom stereocenters. The molecule has 1 aromatic rings. The molecule has 0 bridgehead atoms. The SMILES string of the molecule is CCOC(=O)/C=C\c1ccc[nH]1. The molecular formula is C9H11NO2. The van der Waals surface area contributed by atoms with Crippen molar-refractivity contribution in [3.8, 4) is 0 Å². The van der Waals surface area contributed by atoms with Gasteiger partial charge in [0, 0.05) is 18.0 Å². The van der Waals surface area contributed by atoms with Crippen LogP contribution in [-0.2, 0) is 9.53 Å². The fourth-order valence-electron chi connectivity index (χ4n) is 0.796. The fraction of sp³-hybridized carbons (Fsp3) is 0.222. The van der Waals surface area contributed by atoms with Crippen LogP contribution in [0.2, 0.25) is 0 Å². The van der Waals surface area contributed by atoms with Gasteiger partial charge in [-0.05, 0) is 25.1 Å². The molecule has 0 amide bonds. The van der Waals surface area contributed by atoms with E-state index in [1.807, 2.05) is 12.1 Å². The van der Waals surface area contributed by atoms with Crippen LogP contribution in [0.5, 0.6) is 0 Å². The third kappa shape index (κ3) is 2.62. The van der Waals surface area contributed by atoms with Gasteiger partial charge in [-0.1, -0.05) is 0 Å². The Kier molecular flexibility index (Phi) is 3.14. The number of hydrogen-bond acceptors (Lipinski definition) is 2. The number of rotatable bonds is 3. The normalized spacial score (nSPS) is 10.4. The Morgan fingerprint density at radius 2 is 2.58 bits per heavy atom. The highest BCUT2D eigenvalue weighted by Gasteiger charge is 1.92. The summed E-state index contributed by atoms with van der Waals surface area (Å²) >= 11 is 0. The third-order valence-electron chi connectivity index (χ3n) is 1.31. The van der Waals surface area contributed by atoms with E-state index >= 15 is 0 Å². The predicted molar refractivity (Wildman–Crippen MR) is 46.5 cm³/mol. The Bertz CT molecular complexity index is 262. The maximum atomic E-state index is 10.8. The average molecular weight is 165 g/mol. The molecule has 0 spiro atoms. The van der Waals surface area contributed by atoms with Crippen molar-refractivity contribution in [2.24, 2.45) is 0 Å². The Morgan fingerprint density at radius 3 is 3.17 bits per heavy atom. The van der Waals surface area contributed by atoms with E-state index in [4.69, 9.17) is 4.74 Å². The number of esters is 1. The van der Waals surface area contributed by atoms with Crippen LogP contribution in [0, 0.1) is 0 Å². The van der Waals surface area contributed by atoms with Crippen LogP contribution < -0.4 is 0 Å². The van der Waals surface area contributed by atoms with E-state index < -0.39 is 0 Å². The first-order valence-electron chi connectivity index (χ1n) is 3.81. The monoisotopic (exact) mass is 165 g/mol. The van der Waals surface area contributed by atoms with Crippen molar-refractivity contribution in [2.45, 2.75) is 6.92 Å². The van der Waals surface area contributed by atoms with Gasteiger partial charge >= 0.3 is 5.97 Å². The summed E-state index contributed by atoms with van der Waals surface area (Å²) in [4.78, 5) is 13.8. The summed E-state index contributed by atoms with van der Waals surface area (Å²) in [7, 11) is 0. The summed E-state index contributed by atoms with van der Waals surface area (Å²) in [6, 6.07) is 3.74. The summed E-state index contributed by atoms with van der Waals surface area (Å²) < 4.78 is 4.70. The summed E-state index contributed by atoms with van der Waals surface area (Å²) in [5.41, 5.74) is 0.892. The van der Waals surface area contributed by atoms with Crippen molar-refractivity contribution in [3.05, 3.63) is 30.1 Å². The van der Waals surface area contributed by atoms with Crippen LogP contribution in [0.4, 0.5) is 0 Å². The molecular weight excluding hydrogens is 154 g/mol. The van der Waals surface area contributed by atoms with Crippen LogP contribution in [0.15, 0.2) is 24.4 Å². The summed E-state index contributed by atoms with van der Waals surface area (Å²) in [6.45, 7) is 2.19. The molecule has 12 heavy (non-hydrogen) atoms. The maximum Gasteiger partial charge on any atom is 0.330 e. The molecule has 1 N–H and O–H groups in total. The van der Waals surface area contributed by atoms with Gasteiger partial charge in [-0.3, -0.25) is 0 Å². The summed E-state index contributed by atoms with van der Waals surface area (Å²) in [5, 5.41) is 0. The molecule has 0 unspecified atom stereocenters. The molecule has 1 heterocycles. The number of aromatic nitrogens is 1. The Morgan fingerprint density at radius 1 is 1.75 bits per heavy atom. The lowest BCUT2D eigenvalue weighted by molar-refractivity contribution is -0.137. The van der Waals surface area contributed by atoms with Gasteiger partial charge in [0.2, 0.25) is 0 Å². The molecule has 3 heteroatoms. The minimum absolute atomic E-state index is 0.313. The number of carbonyl (C=O) groups excluding carboxylic acids is 1. The molecule has 0 aromatic carbocycles. The number of H-pyrrole nitrogens is 1. The standard InChI is InChI=1S/C9H11NO2/c1-2-12-9(11)6-5-8-4-3-7-10-8/h3-7,10H,2H2,1H3/b6-5-. The molecule has 0 saturated heterocycles.